The van der Waals surface area contributed by atoms with Crippen LogP contribution in [0.5, 0.6) is 0 Å². The predicted octanol–water partition coefficient (Wildman–Crippen LogP) is 8.46. The van der Waals surface area contributed by atoms with E-state index in [1.165, 1.54) is 63.4 Å². The second-order valence-electron chi connectivity index (χ2n) is 9.33. The number of alkyl halides is 2. The van der Waals surface area contributed by atoms with Crippen molar-refractivity contribution >= 4 is 0 Å². The minimum absolute atomic E-state index is 0.0860. The van der Waals surface area contributed by atoms with Gasteiger partial charge in [0.15, 0.2) is 0 Å². The summed E-state index contributed by atoms with van der Waals surface area (Å²) in [5, 5.41) is 0. The van der Waals surface area contributed by atoms with Crippen LogP contribution in [-0.2, 0) is 0 Å². The van der Waals surface area contributed by atoms with Crippen molar-refractivity contribution in [1.82, 2.24) is 0 Å². The minimum atomic E-state index is -2.20. The first-order valence-corrected chi connectivity index (χ1v) is 11.6. The maximum absolute atomic E-state index is 12.1. The van der Waals surface area contributed by atoms with Crippen LogP contribution in [-0.4, -0.2) is 6.43 Å². The van der Waals surface area contributed by atoms with E-state index in [0.717, 1.165) is 36.5 Å². The van der Waals surface area contributed by atoms with Crippen molar-refractivity contribution in [2.75, 3.05) is 0 Å². The van der Waals surface area contributed by atoms with Gasteiger partial charge in [-0.15, -0.1) is 0 Å². The molecule has 2 aliphatic carbocycles. The highest BCUT2D eigenvalue weighted by atomic mass is 19.3. The molecule has 0 saturated heterocycles. The van der Waals surface area contributed by atoms with Gasteiger partial charge in [-0.2, -0.15) is 0 Å². The fourth-order valence-corrected chi connectivity index (χ4v) is 5.55. The molecule has 2 saturated carbocycles. The van der Waals surface area contributed by atoms with Crippen molar-refractivity contribution < 1.29 is 8.78 Å². The average molecular weight is 389 g/mol. The molecule has 0 amide bonds. The molecule has 3 rings (SSSR count). The second kappa shape index (κ2) is 11.1. The summed E-state index contributed by atoms with van der Waals surface area (Å²) >= 11 is 0. The Balaban J connectivity index is 1.31. The second-order valence-corrected chi connectivity index (χ2v) is 9.33. The Morgan fingerprint density at radius 2 is 1.46 bits per heavy atom. The molecule has 2 heteroatoms. The summed E-state index contributed by atoms with van der Waals surface area (Å²) in [5.41, 5.74) is 2.91. The normalized spacial score (nSPS) is 28.9. The highest BCUT2D eigenvalue weighted by Crippen LogP contribution is 2.44. The summed E-state index contributed by atoms with van der Waals surface area (Å²) in [5.74, 6) is 3.58. The quantitative estimate of drug-likeness (QED) is 0.309. The first-order valence-electron chi connectivity index (χ1n) is 11.6. The molecule has 156 valence electrons. The molecular formula is C26H38F2. The Kier molecular flexibility index (Phi) is 8.55. The Morgan fingerprint density at radius 3 is 2.07 bits per heavy atom. The molecule has 0 unspecified atom stereocenters. The third kappa shape index (κ3) is 6.71. The number of allylic oxidation sites excluding steroid dienone is 2. The van der Waals surface area contributed by atoms with Gasteiger partial charge in [-0.05, 0) is 87.5 Å². The number of unbranched alkanes of at least 4 members (excludes halogenated alkanes) is 1. The van der Waals surface area contributed by atoms with E-state index >= 15 is 0 Å². The van der Waals surface area contributed by atoms with Crippen molar-refractivity contribution in [1.29, 1.82) is 0 Å². The summed E-state index contributed by atoms with van der Waals surface area (Å²) in [6, 6.07) is 9.21. The SMILES string of the molecule is Cc1ccc(C2CCC(C3CCC(CCCC=CCC(F)F)CC3)CC2)cc1. The molecule has 28 heavy (non-hydrogen) atoms. The summed E-state index contributed by atoms with van der Waals surface area (Å²) in [6.07, 6.45) is 15.9. The van der Waals surface area contributed by atoms with E-state index in [1.54, 1.807) is 11.6 Å². The van der Waals surface area contributed by atoms with E-state index in [4.69, 9.17) is 0 Å². The van der Waals surface area contributed by atoms with Gasteiger partial charge in [0.2, 0.25) is 6.43 Å². The van der Waals surface area contributed by atoms with Crippen LogP contribution in [0.3, 0.4) is 0 Å². The molecule has 0 aromatic heterocycles. The fourth-order valence-electron chi connectivity index (χ4n) is 5.55. The Hall–Kier alpha value is -1.18. The molecule has 0 nitrogen and oxygen atoms in total. The van der Waals surface area contributed by atoms with Crippen molar-refractivity contribution in [3.63, 3.8) is 0 Å². The monoisotopic (exact) mass is 388 g/mol. The molecule has 2 aliphatic rings. The first-order chi connectivity index (χ1) is 13.6. The third-order valence-electron chi connectivity index (χ3n) is 7.34. The van der Waals surface area contributed by atoms with Crippen LogP contribution < -0.4 is 0 Å². The highest BCUT2D eigenvalue weighted by molar-refractivity contribution is 5.24. The van der Waals surface area contributed by atoms with Gasteiger partial charge in [0.1, 0.15) is 0 Å². The van der Waals surface area contributed by atoms with Crippen molar-refractivity contribution in [3.8, 4) is 0 Å². The lowest BCUT2D eigenvalue weighted by atomic mass is 9.68. The van der Waals surface area contributed by atoms with Crippen LogP contribution in [0.25, 0.3) is 0 Å². The molecule has 0 aliphatic heterocycles. The van der Waals surface area contributed by atoms with Crippen LogP contribution in [0, 0.1) is 24.7 Å². The average Bonchev–Trinajstić information content (AvgIpc) is 2.72. The summed E-state index contributed by atoms with van der Waals surface area (Å²) in [4.78, 5) is 0. The van der Waals surface area contributed by atoms with Gasteiger partial charge in [0.25, 0.3) is 0 Å². The van der Waals surface area contributed by atoms with E-state index < -0.39 is 6.43 Å². The van der Waals surface area contributed by atoms with Gasteiger partial charge in [0.05, 0.1) is 0 Å². The number of halogens is 2. The molecule has 0 heterocycles. The zero-order valence-corrected chi connectivity index (χ0v) is 17.6. The Labute approximate surface area is 170 Å². The van der Waals surface area contributed by atoms with Crippen molar-refractivity contribution in [3.05, 3.63) is 47.5 Å². The standard InChI is InChI=1S/C26H38F2/c1-20-8-12-22(13-9-20)24-16-18-25(19-17-24)23-14-10-21(11-15-23)6-4-2-3-5-7-26(27)28/h3,5,8-9,12-13,21,23-26H,2,4,6-7,10-11,14-19H2,1H3. The van der Waals surface area contributed by atoms with Crippen LogP contribution in [0.4, 0.5) is 8.78 Å². The highest BCUT2D eigenvalue weighted by Gasteiger charge is 2.31. The lowest BCUT2D eigenvalue weighted by molar-refractivity contribution is 0.152. The van der Waals surface area contributed by atoms with Crippen LogP contribution >= 0.6 is 0 Å². The number of hydrogen-bond donors (Lipinski definition) is 0. The van der Waals surface area contributed by atoms with E-state index in [1.807, 2.05) is 6.08 Å². The summed E-state index contributed by atoms with van der Waals surface area (Å²) in [7, 11) is 0. The summed E-state index contributed by atoms with van der Waals surface area (Å²) < 4.78 is 24.2. The van der Waals surface area contributed by atoms with E-state index in [9.17, 15) is 8.78 Å². The lowest BCUT2D eigenvalue weighted by Gasteiger charge is -2.38. The number of hydrogen-bond acceptors (Lipinski definition) is 0. The van der Waals surface area contributed by atoms with Crippen LogP contribution in [0.1, 0.15) is 94.1 Å². The molecule has 0 radical (unpaired) electrons. The molecule has 2 fully saturated rings. The van der Waals surface area contributed by atoms with Crippen LogP contribution in [0.2, 0.25) is 0 Å². The molecule has 1 aromatic carbocycles. The van der Waals surface area contributed by atoms with Gasteiger partial charge >= 0.3 is 0 Å². The van der Waals surface area contributed by atoms with Gasteiger partial charge in [-0.3, -0.25) is 0 Å². The Bertz CT molecular complexity index is 573. The molecule has 0 atom stereocenters. The number of rotatable bonds is 8. The molecule has 0 N–H and O–H groups in total. The van der Waals surface area contributed by atoms with Gasteiger partial charge in [0, 0.05) is 6.42 Å². The van der Waals surface area contributed by atoms with E-state index in [-0.39, 0.29) is 6.42 Å². The third-order valence-corrected chi connectivity index (χ3v) is 7.34. The number of aryl methyl sites for hydroxylation is 1. The van der Waals surface area contributed by atoms with Crippen molar-refractivity contribution in [2.24, 2.45) is 17.8 Å². The molecular weight excluding hydrogens is 350 g/mol. The maximum atomic E-state index is 12.1. The fraction of sp³-hybridized carbons (Fsp3) is 0.692. The van der Waals surface area contributed by atoms with Crippen LogP contribution in [0.15, 0.2) is 36.4 Å². The zero-order valence-electron chi connectivity index (χ0n) is 17.6. The largest absolute Gasteiger partial charge is 0.242 e. The van der Waals surface area contributed by atoms with E-state index in [0.29, 0.717) is 0 Å². The molecule has 1 aromatic rings. The summed E-state index contributed by atoms with van der Waals surface area (Å²) in [6.45, 7) is 2.17. The van der Waals surface area contributed by atoms with Gasteiger partial charge in [-0.25, -0.2) is 8.78 Å². The predicted molar refractivity (Wildman–Crippen MR) is 115 cm³/mol. The van der Waals surface area contributed by atoms with Gasteiger partial charge < -0.3 is 0 Å². The first kappa shape index (κ1) is 21.5. The molecule has 0 bridgehead atoms. The van der Waals surface area contributed by atoms with Gasteiger partial charge in [-0.1, -0.05) is 61.2 Å². The van der Waals surface area contributed by atoms with Crippen molar-refractivity contribution in [2.45, 2.75) is 96.3 Å². The minimum Gasteiger partial charge on any atom is -0.210 e. The molecule has 0 spiro atoms. The topological polar surface area (TPSA) is 0 Å². The smallest absolute Gasteiger partial charge is 0.210 e. The maximum Gasteiger partial charge on any atom is 0.242 e. The lowest BCUT2D eigenvalue weighted by Crippen LogP contribution is -2.25. The van der Waals surface area contributed by atoms with E-state index in [2.05, 4.69) is 31.2 Å². The Morgan fingerprint density at radius 1 is 0.857 bits per heavy atom. The number of benzene rings is 1. The zero-order chi connectivity index (χ0) is 19.8.